The van der Waals surface area contributed by atoms with E-state index in [1.54, 1.807) is 0 Å². The number of anilines is 1. The number of carbonyl (C=O) groups excluding carboxylic acids is 1. The van der Waals surface area contributed by atoms with E-state index in [9.17, 15) is 4.79 Å². The Morgan fingerprint density at radius 1 is 1.24 bits per heavy atom. The van der Waals surface area contributed by atoms with E-state index in [1.807, 2.05) is 49.4 Å². The van der Waals surface area contributed by atoms with Gasteiger partial charge in [-0.2, -0.15) is 0 Å². The summed E-state index contributed by atoms with van der Waals surface area (Å²) in [5, 5.41) is 4.51. The smallest absolute Gasteiger partial charge is 0.263 e. The van der Waals surface area contributed by atoms with Crippen LogP contribution in [0, 0.1) is 6.92 Å². The zero-order valence-electron chi connectivity index (χ0n) is 16.1. The summed E-state index contributed by atoms with van der Waals surface area (Å²) in [5.41, 5.74) is 2.86. The van der Waals surface area contributed by atoms with Crippen molar-refractivity contribution in [3.05, 3.63) is 70.2 Å². The standard InChI is InChI=1S/C22H22ClN3O2S/c1-15-20(29-22(25-15)16-7-9-17(23)10-8-16)21(27)24-13-19-14-26(11-12-28-19)18-5-3-2-4-6-18/h2-10,19H,11-14H2,1H3,(H,24,27). The molecule has 0 radical (unpaired) electrons. The van der Waals surface area contributed by atoms with E-state index in [1.165, 1.54) is 17.0 Å². The van der Waals surface area contributed by atoms with Crippen molar-refractivity contribution in [3.8, 4) is 10.6 Å². The summed E-state index contributed by atoms with van der Waals surface area (Å²) < 4.78 is 5.85. The van der Waals surface area contributed by atoms with E-state index in [0.717, 1.165) is 29.4 Å². The number of nitrogens with one attached hydrogen (secondary N) is 1. The van der Waals surface area contributed by atoms with Crippen LogP contribution in [-0.4, -0.2) is 43.2 Å². The van der Waals surface area contributed by atoms with Gasteiger partial charge in [-0.05, 0) is 31.2 Å². The van der Waals surface area contributed by atoms with E-state index >= 15 is 0 Å². The molecule has 0 spiro atoms. The van der Waals surface area contributed by atoms with Crippen molar-refractivity contribution in [3.63, 3.8) is 0 Å². The third-order valence-corrected chi connectivity index (χ3v) is 6.30. The van der Waals surface area contributed by atoms with Crippen LogP contribution < -0.4 is 10.2 Å². The van der Waals surface area contributed by atoms with Gasteiger partial charge in [-0.3, -0.25) is 4.79 Å². The first-order chi connectivity index (χ1) is 14.1. The molecule has 4 rings (SSSR count). The maximum Gasteiger partial charge on any atom is 0.263 e. The first-order valence-electron chi connectivity index (χ1n) is 9.53. The van der Waals surface area contributed by atoms with Crippen molar-refractivity contribution >= 4 is 34.5 Å². The van der Waals surface area contributed by atoms with Crippen molar-refractivity contribution in [1.29, 1.82) is 0 Å². The molecular formula is C22H22ClN3O2S. The first-order valence-corrected chi connectivity index (χ1v) is 10.7. The number of hydrogen-bond donors (Lipinski definition) is 1. The average molecular weight is 428 g/mol. The normalized spacial score (nSPS) is 16.6. The summed E-state index contributed by atoms with van der Waals surface area (Å²) in [6.45, 7) is 4.58. The molecule has 1 saturated heterocycles. The van der Waals surface area contributed by atoms with Crippen LogP contribution >= 0.6 is 22.9 Å². The molecule has 2 aromatic carbocycles. The fourth-order valence-corrected chi connectivity index (χ4v) is 4.44. The van der Waals surface area contributed by atoms with Gasteiger partial charge in [0.2, 0.25) is 0 Å². The van der Waals surface area contributed by atoms with Gasteiger partial charge in [0.1, 0.15) is 9.88 Å². The number of halogens is 1. The van der Waals surface area contributed by atoms with Crippen LogP contribution in [0.15, 0.2) is 54.6 Å². The minimum atomic E-state index is -0.111. The SMILES string of the molecule is Cc1nc(-c2ccc(Cl)cc2)sc1C(=O)NCC1CN(c2ccccc2)CCO1. The zero-order chi connectivity index (χ0) is 20.2. The number of benzene rings is 2. The predicted molar refractivity (Wildman–Crippen MR) is 118 cm³/mol. The lowest BCUT2D eigenvalue weighted by Gasteiger charge is -2.34. The van der Waals surface area contributed by atoms with Crippen molar-refractivity contribution in [2.75, 3.05) is 31.1 Å². The molecule has 0 saturated carbocycles. The monoisotopic (exact) mass is 427 g/mol. The van der Waals surface area contributed by atoms with Gasteiger partial charge >= 0.3 is 0 Å². The molecule has 1 aliphatic rings. The average Bonchev–Trinajstić information content (AvgIpc) is 3.15. The molecule has 3 aromatic rings. The Kier molecular flexibility index (Phi) is 6.13. The lowest BCUT2D eigenvalue weighted by atomic mass is 10.2. The highest BCUT2D eigenvalue weighted by Gasteiger charge is 2.23. The minimum Gasteiger partial charge on any atom is -0.373 e. The van der Waals surface area contributed by atoms with E-state index in [4.69, 9.17) is 16.3 Å². The highest BCUT2D eigenvalue weighted by molar-refractivity contribution is 7.17. The van der Waals surface area contributed by atoms with E-state index in [-0.39, 0.29) is 12.0 Å². The Bertz CT molecular complexity index is 975. The van der Waals surface area contributed by atoms with Crippen molar-refractivity contribution in [1.82, 2.24) is 10.3 Å². The second kappa shape index (κ2) is 8.95. The van der Waals surface area contributed by atoms with Crippen LogP contribution in [0.3, 0.4) is 0 Å². The second-order valence-electron chi connectivity index (χ2n) is 6.92. The molecule has 1 unspecified atom stereocenters. The Hall–Kier alpha value is -2.41. The largest absolute Gasteiger partial charge is 0.373 e. The number of amides is 1. The summed E-state index contributed by atoms with van der Waals surface area (Å²) in [4.78, 5) is 20.2. The third-order valence-electron chi connectivity index (χ3n) is 4.84. The number of carbonyl (C=O) groups is 1. The van der Waals surface area contributed by atoms with Gasteiger partial charge < -0.3 is 15.0 Å². The molecule has 1 aliphatic heterocycles. The van der Waals surface area contributed by atoms with E-state index in [2.05, 4.69) is 27.3 Å². The van der Waals surface area contributed by atoms with Crippen molar-refractivity contribution in [2.24, 2.45) is 0 Å². The fourth-order valence-electron chi connectivity index (χ4n) is 3.33. The number of ether oxygens (including phenoxy) is 1. The number of nitrogens with zero attached hydrogens (tertiary/aromatic N) is 2. The van der Waals surface area contributed by atoms with Gasteiger partial charge in [-0.25, -0.2) is 4.98 Å². The first kappa shape index (κ1) is 19.9. The molecule has 1 aromatic heterocycles. The Balaban J connectivity index is 1.38. The topological polar surface area (TPSA) is 54.5 Å². The molecule has 150 valence electrons. The van der Waals surface area contributed by atoms with Crippen molar-refractivity contribution in [2.45, 2.75) is 13.0 Å². The number of hydrogen-bond acceptors (Lipinski definition) is 5. The maximum atomic E-state index is 12.7. The summed E-state index contributed by atoms with van der Waals surface area (Å²) >= 11 is 7.35. The summed E-state index contributed by atoms with van der Waals surface area (Å²) in [6, 6.07) is 17.8. The quantitative estimate of drug-likeness (QED) is 0.655. The number of morpholine rings is 1. The molecule has 0 aliphatic carbocycles. The second-order valence-corrected chi connectivity index (χ2v) is 8.36. The molecule has 2 heterocycles. The Morgan fingerprint density at radius 3 is 2.76 bits per heavy atom. The highest BCUT2D eigenvalue weighted by atomic mass is 35.5. The van der Waals surface area contributed by atoms with Crippen LogP contribution in [-0.2, 0) is 4.74 Å². The number of aromatic nitrogens is 1. The zero-order valence-corrected chi connectivity index (χ0v) is 17.7. The molecule has 1 N–H and O–H groups in total. The third kappa shape index (κ3) is 4.78. The summed E-state index contributed by atoms with van der Waals surface area (Å²) in [5.74, 6) is -0.111. The molecule has 5 nitrogen and oxygen atoms in total. The van der Waals surface area contributed by atoms with Gasteiger partial charge in [0.15, 0.2) is 0 Å². The molecular weight excluding hydrogens is 406 g/mol. The highest BCUT2D eigenvalue weighted by Crippen LogP contribution is 2.28. The van der Waals surface area contributed by atoms with Gasteiger partial charge in [0, 0.05) is 35.9 Å². The summed E-state index contributed by atoms with van der Waals surface area (Å²) in [7, 11) is 0. The predicted octanol–water partition coefficient (Wildman–Crippen LogP) is 4.41. The molecule has 1 atom stereocenters. The summed E-state index contributed by atoms with van der Waals surface area (Å²) in [6.07, 6.45) is -0.0446. The van der Waals surface area contributed by atoms with Crippen LogP contribution in [0.5, 0.6) is 0 Å². The number of aryl methyl sites for hydroxylation is 1. The van der Waals surface area contributed by atoms with Crippen LogP contribution in [0.25, 0.3) is 10.6 Å². The van der Waals surface area contributed by atoms with E-state index in [0.29, 0.717) is 23.1 Å². The number of para-hydroxylation sites is 1. The van der Waals surface area contributed by atoms with Gasteiger partial charge in [0.25, 0.3) is 5.91 Å². The number of rotatable bonds is 5. The maximum absolute atomic E-state index is 12.7. The molecule has 1 amide bonds. The van der Waals surface area contributed by atoms with Crippen LogP contribution in [0.1, 0.15) is 15.4 Å². The van der Waals surface area contributed by atoms with Crippen LogP contribution in [0.2, 0.25) is 5.02 Å². The Labute approximate surface area is 179 Å². The molecule has 29 heavy (non-hydrogen) atoms. The molecule has 0 bridgehead atoms. The lowest BCUT2D eigenvalue weighted by Crippen LogP contribution is -2.47. The van der Waals surface area contributed by atoms with Crippen LogP contribution in [0.4, 0.5) is 5.69 Å². The van der Waals surface area contributed by atoms with E-state index < -0.39 is 0 Å². The fraction of sp³-hybridized carbons (Fsp3) is 0.273. The lowest BCUT2D eigenvalue weighted by molar-refractivity contribution is 0.0397. The number of thiazole rings is 1. The molecule has 1 fully saturated rings. The van der Waals surface area contributed by atoms with Crippen molar-refractivity contribution < 1.29 is 9.53 Å². The van der Waals surface area contributed by atoms with Gasteiger partial charge in [-0.1, -0.05) is 41.9 Å². The molecule has 7 heteroatoms. The Morgan fingerprint density at radius 2 is 2.00 bits per heavy atom. The van der Waals surface area contributed by atoms with Gasteiger partial charge in [0.05, 0.1) is 18.4 Å². The van der Waals surface area contributed by atoms with Gasteiger partial charge in [-0.15, -0.1) is 11.3 Å². The minimum absolute atomic E-state index is 0.0446.